The SMILES string of the molecule is CCN(CCC#N)C(CN)c1cccc(OC)c1. The second-order valence-electron chi connectivity index (χ2n) is 4.06. The van der Waals surface area contributed by atoms with E-state index in [2.05, 4.69) is 24.0 Å². The average Bonchev–Trinajstić information content (AvgIpc) is 2.43. The molecule has 0 saturated heterocycles. The Kier molecular flexibility index (Phi) is 6.20. The first-order valence-electron chi connectivity index (χ1n) is 6.21. The van der Waals surface area contributed by atoms with Gasteiger partial charge in [0, 0.05) is 25.6 Å². The van der Waals surface area contributed by atoms with Gasteiger partial charge in [0.2, 0.25) is 0 Å². The first-order chi connectivity index (χ1) is 8.76. The molecular formula is C14H21N3O. The fourth-order valence-corrected chi connectivity index (χ4v) is 2.07. The van der Waals surface area contributed by atoms with Crippen molar-refractivity contribution in [1.29, 1.82) is 5.26 Å². The van der Waals surface area contributed by atoms with E-state index in [1.54, 1.807) is 7.11 Å². The summed E-state index contributed by atoms with van der Waals surface area (Å²) in [6.45, 7) is 4.24. The van der Waals surface area contributed by atoms with Gasteiger partial charge in [-0.1, -0.05) is 19.1 Å². The van der Waals surface area contributed by atoms with Crippen molar-refractivity contribution in [3.63, 3.8) is 0 Å². The van der Waals surface area contributed by atoms with Crippen LogP contribution in [-0.4, -0.2) is 31.6 Å². The molecule has 4 nitrogen and oxygen atoms in total. The van der Waals surface area contributed by atoms with E-state index < -0.39 is 0 Å². The fraction of sp³-hybridized carbons (Fsp3) is 0.500. The number of rotatable bonds is 7. The van der Waals surface area contributed by atoms with Crippen LogP contribution < -0.4 is 10.5 Å². The van der Waals surface area contributed by atoms with Crippen LogP contribution >= 0.6 is 0 Å². The first kappa shape index (κ1) is 14.5. The lowest BCUT2D eigenvalue weighted by atomic mass is 10.0. The molecule has 0 fully saturated rings. The molecule has 0 aliphatic carbocycles. The lowest BCUT2D eigenvalue weighted by molar-refractivity contribution is 0.217. The second-order valence-corrected chi connectivity index (χ2v) is 4.06. The first-order valence-corrected chi connectivity index (χ1v) is 6.21. The summed E-state index contributed by atoms with van der Waals surface area (Å²) in [5, 5.41) is 8.69. The summed E-state index contributed by atoms with van der Waals surface area (Å²) >= 11 is 0. The lowest BCUT2D eigenvalue weighted by Gasteiger charge is -2.29. The number of likely N-dealkylation sites (N-methyl/N-ethyl adjacent to an activating group) is 1. The molecule has 1 rings (SSSR count). The molecular weight excluding hydrogens is 226 g/mol. The van der Waals surface area contributed by atoms with Gasteiger partial charge in [-0.25, -0.2) is 0 Å². The summed E-state index contributed by atoms with van der Waals surface area (Å²) in [4.78, 5) is 2.22. The molecule has 98 valence electrons. The number of methoxy groups -OCH3 is 1. The van der Waals surface area contributed by atoms with Crippen LogP contribution in [0.4, 0.5) is 0 Å². The van der Waals surface area contributed by atoms with Gasteiger partial charge in [0.15, 0.2) is 0 Å². The summed E-state index contributed by atoms with van der Waals surface area (Å²) in [7, 11) is 1.66. The Hall–Kier alpha value is -1.57. The van der Waals surface area contributed by atoms with Crippen LogP contribution in [0.5, 0.6) is 5.75 Å². The average molecular weight is 247 g/mol. The summed E-state index contributed by atoms with van der Waals surface area (Å²) in [5.74, 6) is 0.835. The van der Waals surface area contributed by atoms with E-state index in [1.807, 2.05) is 18.2 Å². The van der Waals surface area contributed by atoms with Crippen LogP contribution in [0.1, 0.15) is 24.9 Å². The number of nitrogens with zero attached hydrogens (tertiary/aromatic N) is 2. The Morgan fingerprint density at radius 1 is 1.50 bits per heavy atom. The summed E-state index contributed by atoms with van der Waals surface area (Å²) in [5.41, 5.74) is 7.01. The topological polar surface area (TPSA) is 62.3 Å². The number of nitrogens with two attached hydrogens (primary N) is 1. The Bertz CT molecular complexity index is 400. The van der Waals surface area contributed by atoms with Gasteiger partial charge in [0.05, 0.1) is 13.2 Å². The van der Waals surface area contributed by atoms with Crippen LogP contribution in [0, 0.1) is 11.3 Å². The van der Waals surface area contributed by atoms with Gasteiger partial charge in [-0.05, 0) is 24.2 Å². The largest absolute Gasteiger partial charge is 0.497 e. The minimum Gasteiger partial charge on any atom is -0.497 e. The molecule has 0 heterocycles. The third-order valence-corrected chi connectivity index (χ3v) is 3.06. The zero-order chi connectivity index (χ0) is 13.4. The molecule has 0 radical (unpaired) electrons. The maximum atomic E-state index is 8.69. The van der Waals surface area contributed by atoms with Crippen LogP contribution in [0.3, 0.4) is 0 Å². The van der Waals surface area contributed by atoms with Crippen molar-refractivity contribution < 1.29 is 4.74 Å². The van der Waals surface area contributed by atoms with E-state index >= 15 is 0 Å². The molecule has 1 unspecified atom stereocenters. The van der Waals surface area contributed by atoms with E-state index in [1.165, 1.54) is 0 Å². The molecule has 0 aromatic heterocycles. The Balaban J connectivity index is 2.88. The Labute approximate surface area is 109 Å². The van der Waals surface area contributed by atoms with Gasteiger partial charge < -0.3 is 10.5 Å². The number of benzene rings is 1. The monoisotopic (exact) mass is 247 g/mol. The number of nitriles is 1. The smallest absolute Gasteiger partial charge is 0.119 e. The highest BCUT2D eigenvalue weighted by Crippen LogP contribution is 2.23. The lowest BCUT2D eigenvalue weighted by Crippen LogP contribution is -2.34. The summed E-state index contributed by atoms with van der Waals surface area (Å²) in [6, 6.07) is 10.3. The predicted molar refractivity (Wildman–Crippen MR) is 72.3 cm³/mol. The Morgan fingerprint density at radius 2 is 2.28 bits per heavy atom. The highest BCUT2D eigenvalue weighted by atomic mass is 16.5. The van der Waals surface area contributed by atoms with Crippen LogP contribution in [-0.2, 0) is 0 Å². The standard InChI is InChI=1S/C14H21N3O/c1-3-17(9-5-8-15)14(11-16)12-6-4-7-13(10-12)18-2/h4,6-7,10,14H,3,5,9,11,16H2,1-2H3. The Morgan fingerprint density at radius 3 is 2.83 bits per heavy atom. The quantitative estimate of drug-likeness (QED) is 0.799. The third kappa shape index (κ3) is 3.73. The van der Waals surface area contributed by atoms with E-state index in [0.717, 1.165) is 24.4 Å². The molecule has 18 heavy (non-hydrogen) atoms. The maximum absolute atomic E-state index is 8.69. The molecule has 0 saturated carbocycles. The van der Waals surface area contributed by atoms with E-state index in [0.29, 0.717) is 13.0 Å². The third-order valence-electron chi connectivity index (χ3n) is 3.06. The second kappa shape index (κ2) is 7.70. The minimum atomic E-state index is 0.137. The van der Waals surface area contributed by atoms with Crippen molar-refractivity contribution in [2.24, 2.45) is 5.73 Å². The summed E-state index contributed by atoms with van der Waals surface area (Å²) < 4.78 is 5.23. The molecule has 1 atom stereocenters. The molecule has 0 bridgehead atoms. The van der Waals surface area contributed by atoms with Crippen molar-refractivity contribution in [2.75, 3.05) is 26.7 Å². The molecule has 0 aliphatic heterocycles. The van der Waals surface area contributed by atoms with Gasteiger partial charge >= 0.3 is 0 Å². The highest BCUT2D eigenvalue weighted by Gasteiger charge is 2.17. The van der Waals surface area contributed by atoms with Gasteiger partial charge in [-0.15, -0.1) is 0 Å². The van der Waals surface area contributed by atoms with Crippen LogP contribution in [0.2, 0.25) is 0 Å². The number of hydrogen-bond donors (Lipinski definition) is 1. The van der Waals surface area contributed by atoms with Crippen molar-refractivity contribution >= 4 is 0 Å². The normalized spacial score (nSPS) is 12.2. The van der Waals surface area contributed by atoms with Crippen molar-refractivity contribution in [3.8, 4) is 11.8 Å². The summed E-state index contributed by atoms with van der Waals surface area (Å²) in [6.07, 6.45) is 0.522. The zero-order valence-electron chi connectivity index (χ0n) is 11.1. The van der Waals surface area contributed by atoms with Gasteiger partial charge in [0.1, 0.15) is 5.75 Å². The van der Waals surface area contributed by atoms with Crippen molar-refractivity contribution in [1.82, 2.24) is 4.90 Å². The fourth-order valence-electron chi connectivity index (χ4n) is 2.07. The minimum absolute atomic E-state index is 0.137. The maximum Gasteiger partial charge on any atom is 0.119 e. The van der Waals surface area contributed by atoms with Gasteiger partial charge in [-0.2, -0.15) is 5.26 Å². The molecule has 2 N–H and O–H groups in total. The van der Waals surface area contributed by atoms with Crippen molar-refractivity contribution in [2.45, 2.75) is 19.4 Å². The predicted octanol–water partition coefficient (Wildman–Crippen LogP) is 1.93. The van der Waals surface area contributed by atoms with E-state index in [9.17, 15) is 0 Å². The molecule has 1 aromatic carbocycles. The highest BCUT2D eigenvalue weighted by molar-refractivity contribution is 5.30. The molecule has 0 amide bonds. The van der Waals surface area contributed by atoms with Crippen LogP contribution in [0.25, 0.3) is 0 Å². The molecule has 4 heteroatoms. The molecule has 0 spiro atoms. The van der Waals surface area contributed by atoms with Gasteiger partial charge in [-0.3, -0.25) is 4.90 Å². The van der Waals surface area contributed by atoms with Crippen LogP contribution in [0.15, 0.2) is 24.3 Å². The zero-order valence-corrected chi connectivity index (χ0v) is 11.1. The van der Waals surface area contributed by atoms with Gasteiger partial charge in [0.25, 0.3) is 0 Å². The number of hydrogen-bond acceptors (Lipinski definition) is 4. The number of ether oxygens (including phenoxy) is 1. The molecule has 0 aliphatic rings. The van der Waals surface area contributed by atoms with Crippen molar-refractivity contribution in [3.05, 3.63) is 29.8 Å². The van der Waals surface area contributed by atoms with E-state index in [4.69, 9.17) is 15.7 Å². The molecule has 1 aromatic rings. The van der Waals surface area contributed by atoms with E-state index in [-0.39, 0.29) is 6.04 Å².